The molecular formula is C22H19N3O5. The van der Waals surface area contributed by atoms with Crippen molar-refractivity contribution in [3.63, 3.8) is 0 Å². The molecule has 0 atom stereocenters. The third-order valence-corrected chi connectivity index (χ3v) is 4.17. The lowest BCUT2D eigenvalue weighted by Gasteiger charge is -2.19. The molecule has 0 radical (unpaired) electrons. The Morgan fingerprint density at radius 1 is 1.03 bits per heavy atom. The molecule has 1 N–H and O–H groups in total. The van der Waals surface area contributed by atoms with Crippen molar-refractivity contribution in [3.05, 3.63) is 101 Å². The molecule has 2 aromatic carbocycles. The summed E-state index contributed by atoms with van der Waals surface area (Å²) in [7, 11) is 0. The fraction of sp³-hybridized carbons (Fsp3) is 0.0909. The van der Waals surface area contributed by atoms with Crippen molar-refractivity contribution in [1.82, 2.24) is 4.90 Å². The molecule has 0 bridgehead atoms. The number of rotatable bonds is 8. The molecule has 8 nitrogen and oxygen atoms in total. The summed E-state index contributed by atoms with van der Waals surface area (Å²) in [5.41, 5.74) is 0.798. The van der Waals surface area contributed by atoms with Crippen LogP contribution in [0.1, 0.15) is 11.3 Å². The van der Waals surface area contributed by atoms with Crippen LogP contribution >= 0.6 is 0 Å². The highest BCUT2D eigenvalue weighted by Crippen LogP contribution is 2.19. The number of carbonyl (C=O) groups is 2. The maximum atomic E-state index is 12.8. The van der Waals surface area contributed by atoms with Crippen LogP contribution in [0, 0.1) is 10.1 Å². The molecule has 0 aliphatic carbocycles. The van der Waals surface area contributed by atoms with Crippen LogP contribution in [0.15, 0.2) is 83.5 Å². The monoisotopic (exact) mass is 405 g/mol. The molecule has 0 saturated heterocycles. The first-order valence-corrected chi connectivity index (χ1v) is 9.10. The van der Waals surface area contributed by atoms with Crippen molar-refractivity contribution in [3.8, 4) is 0 Å². The molecule has 30 heavy (non-hydrogen) atoms. The number of hydrogen-bond acceptors (Lipinski definition) is 5. The first-order chi connectivity index (χ1) is 14.5. The van der Waals surface area contributed by atoms with E-state index in [-0.39, 0.29) is 24.7 Å². The maximum absolute atomic E-state index is 12.8. The zero-order valence-corrected chi connectivity index (χ0v) is 15.9. The molecular weight excluding hydrogens is 386 g/mol. The summed E-state index contributed by atoms with van der Waals surface area (Å²) in [5.74, 6) is -0.345. The number of anilines is 1. The van der Waals surface area contributed by atoms with E-state index in [1.807, 2.05) is 6.07 Å². The summed E-state index contributed by atoms with van der Waals surface area (Å²) in [6.45, 7) is -0.134. The van der Waals surface area contributed by atoms with Crippen LogP contribution in [0.2, 0.25) is 0 Å². The fourth-order valence-corrected chi connectivity index (χ4v) is 2.76. The summed E-state index contributed by atoms with van der Waals surface area (Å²) >= 11 is 0. The van der Waals surface area contributed by atoms with Gasteiger partial charge in [0.15, 0.2) is 0 Å². The minimum atomic E-state index is -0.516. The Bertz CT molecular complexity index is 1050. The van der Waals surface area contributed by atoms with E-state index in [9.17, 15) is 19.7 Å². The second kappa shape index (κ2) is 9.83. The van der Waals surface area contributed by atoms with Gasteiger partial charge in [0.05, 0.1) is 23.3 Å². The molecule has 8 heteroatoms. The van der Waals surface area contributed by atoms with Crippen molar-refractivity contribution in [1.29, 1.82) is 0 Å². The predicted molar refractivity (Wildman–Crippen MR) is 111 cm³/mol. The van der Waals surface area contributed by atoms with Crippen LogP contribution in [0.5, 0.6) is 0 Å². The first kappa shape index (κ1) is 20.5. The molecule has 0 aliphatic heterocycles. The number of nitro groups is 1. The highest BCUT2D eigenvalue weighted by molar-refractivity contribution is 5.98. The van der Waals surface area contributed by atoms with Gasteiger partial charge in [-0.1, -0.05) is 30.3 Å². The summed E-state index contributed by atoms with van der Waals surface area (Å²) in [6, 6.07) is 18.4. The Hall–Kier alpha value is -4.20. The van der Waals surface area contributed by atoms with Crippen molar-refractivity contribution < 1.29 is 18.9 Å². The Morgan fingerprint density at radius 3 is 2.47 bits per heavy atom. The molecule has 3 aromatic rings. The standard InChI is InChI=1S/C22H19N3O5/c26-21(23-18-8-2-1-3-9-18)16-24(15-19-10-6-14-30-19)22(27)13-12-17-7-4-5-11-20(17)25(28)29/h1-14H,15-16H2,(H,23,26)/b13-12+. The first-order valence-electron chi connectivity index (χ1n) is 9.10. The highest BCUT2D eigenvalue weighted by Gasteiger charge is 2.18. The molecule has 1 heterocycles. The van der Waals surface area contributed by atoms with E-state index in [1.165, 1.54) is 29.4 Å². The number of nitro benzene ring substituents is 1. The van der Waals surface area contributed by atoms with Gasteiger partial charge in [-0.3, -0.25) is 19.7 Å². The topological polar surface area (TPSA) is 106 Å². The average molecular weight is 405 g/mol. The van der Waals surface area contributed by atoms with Gasteiger partial charge in [0.1, 0.15) is 12.3 Å². The lowest BCUT2D eigenvalue weighted by molar-refractivity contribution is -0.385. The number of hydrogen-bond donors (Lipinski definition) is 1. The average Bonchev–Trinajstić information content (AvgIpc) is 3.25. The van der Waals surface area contributed by atoms with Gasteiger partial charge in [0.25, 0.3) is 5.69 Å². The number of para-hydroxylation sites is 2. The smallest absolute Gasteiger partial charge is 0.276 e. The van der Waals surface area contributed by atoms with Gasteiger partial charge in [-0.05, 0) is 36.4 Å². The molecule has 3 rings (SSSR count). The van der Waals surface area contributed by atoms with Crippen LogP contribution in [0.25, 0.3) is 6.08 Å². The van der Waals surface area contributed by atoms with E-state index >= 15 is 0 Å². The minimum absolute atomic E-state index is 0.0786. The normalized spacial score (nSPS) is 10.7. The summed E-state index contributed by atoms with van der Waals surface area (Å²) < 4.78 is 5.29. The van der Waals surface area contributed by atoms with Gasteiger partial charge < -0.3 is 14.6 Å². The van der Waals surface area contributed by atoms with Crippen LogP contribution in [0.4, 0.5) is 11.4 Å². The Balaban J connectivity index is 1.75. The van der Waals surface area contributed by atoms with Crippen LogP contribution < -0.4 is 5.32 Å². The highest BCUT2D eigenvalue weighted by atomic mass is 16.6. The molecule has 0 unspecified atom stereocenters. The summed E-state index contributed by atoms with van der Waals surface area (Å²) in [6.07, 6.45) is 4.05. The third-order valence-electron chi connectivity index (χ3n) is 4.17. The number of amides is 2. The number of nitrogens with zero attached hydrogens (tertiary/aromatic N) is 2. The van der Waals surface area contributed by atoms with Gasteiger partial charge in [-0.25, -0.2) is 0 Å². The number of benzene rings is 2. The van der Waals surface area contributed by atoms with Gasteiger partial charge in [-0.2, -0.15) is 0 Å². The molecule has 2 amide bonds. The van der Waals surface area contributed by atoms with E-state index in [4.69, 9.17) is 4.42 Å². The molecule has 0 aliphatic rings. The number of furan rings is 1. The second-order valence-corrected chi connectivity index (χ2v) is 6.34. The second-order valence-electron chi connectivity index (χ2n) is 6.34. The van der Waals surface area contributed by atoms with Gasteiger partial charge >= 0.3 is 0 Å². The number of carbonyl (C=O) groups excluding carboxylic acids is 2. The number of nitrogens with one attached hydrogen (secondary N) is 1. The van der Waals surface area contributed by atoms with Gasteiger partial charge in [0, 0.05) is 17.8 Å². The lowest BCUT2D eigenvalue weighted by Crippen LogP contribution is -2.36. The SMILES string of the molecule is O=C(CN(Cc1ccco1)C(=O)/C=C/c1ccccc1[N+](=O)[O-])Nc1ccccc1. The van der Waals surface area contributed by atoms with Crippen molar-refractivity contribution in [2.45, 2.75) is 6.54 Å². The molecule has 0 spiro atoms. The fourth-order valence-electron chi connectivity index (χ4n) is 2.76. The van der Waals surface area contributed by atoms with Crippen molar-refractivity contribution in [2.75, 3.05) is 11.9 Å². The summed E-state index contributed by atoms with van der Waals surface area (Å²) in [5, 5.41) is 13.9. The zero-order valence-electron chi connectivity index (χ0n) is 15.9. The van der Waals surface area contributed by atoms with E-state index in [0.29, 0.717) is 17.0 Å². The van der Waals surface area contributed by atoms with Crippen LogP contribution in [-0.4, -0.2) is 28.2 Å². The van der Waals surface area contributed by atoms with E-state index in [1.54, 1.807) is 54.6 Å². The molecule has 1 aromatic heterocycles. The minimum Gasteiger partial charge on any atom is -0.467 e. The Morgan fingerprint density at radius 2 is 1.77 bits per heavy atom. The van der Waals surface area contributed by atoms with Crippen molar-refractivity contribution >= 4 is 29.3 Å². The Kier molecular flexibility index (Phi) is 6.73. The molecule has 0 saturated carbocycles. The quantitative estimate of drug-likeness (QED) is 0.348. The lowest BCUT2D eigenvalue weighted by atomic mass is 10.1. The largest absolute Gasteiger partial charge is 0.467 e. The molecule has 0 fully saturated rings. The van der Waals surface area contributed by atoms with E-state index < -0.39 is 10.8 Å². The van der Waals surface area contributed by atoms with E-state index in [0.717, 1.165) is 0 Å². The van der Waals surface area contributed by atoms with Crippen LogP contribution in [-0.2, 0) is 16.1 Å². The third kappa shape index (κ3) is 5.65. The van der Waals surface area contributed by atoms with Gasteiger partial charge in [-0.15, -0.1) is 0 Å². The molecule has 152 valence electrons. The zero-order chi connectivity index (χ0) is 21.3. The van der Waals surface area contributed by atoms with E-state index in [2.05, 4.69) is 5.32 Å². The predicted octanol–water partition coefficient (Wildman–Crippen LogP) is 3.87. The van der Waals surface area contributed by atoms with Gasteiger partial charge in [0.2, 0.25) is 11.8 Å². The van der Waals surface area contributed by atoms with Crippen molar-refractivity contribution in [2.24, 2.45) is 0 Å². The Labute approximate surface area is 172 Å². The maximum Gasteiger partial charge on any atom is 0.276 e. The van der Waals surface area contributed by atoms with Crippen LogP contribution in [0.3, 0.4) is 0 Å². The summed E-state index contributed by atoms with van der Waals surface area (Å²) in [4.78, 5) is 37.1.